The van der Waals surface area contributed by atoms with Crippen LogP contribution in [0.3, 0.4) is 0 Å². The minimum Gasteiger partial charge on any atom is -0.348 e. The van der Waals surface area contributed by atoms with Crippen LogP contribution in [0.1, 0.15) is 25.7 Å². The van der Waals surface area contributed by atoms with Crippen molar-refractivity contribution in [3.05, 3.63) is 0 Å². The van der Waals surface area contributed by atoms with Crippen LogP contribution in [0.5, 0.6) is 0 Å². The van der Waals surface area contributed by atoms with E-state index in [1.54, 1.807) is 4.90 Å². The third-order valence-electron chi connectivity index (χ3n) is 4.11. The van der Waals surface area contributed by atoms with Crippen LogP contribution in [0, 0.1) is 0 Å². The highest BCUT2D eigenvalue weighted by Crippen LogP contribution is 2.35. The highest BCUT2D eigenvalue weighted by atomic mass is 16.2. The number of carbonyl (C=O) groups excluding carboxylic acids is 1. The Morgan fingerprint density at radius 2 is 1.88 bits per heavy atom. The highest BCUT2D eigenvalue weighted by molar-refractivity contribution is 5.77. The number of hydrogen-bond donors (Lipinski definition) is 1. The Labute approximate surface area is 98.0 Å². The van der Waals surface area contributed by atoms with Gasteiger partial charge in [-0.2, -0.15) is 0 Å². The fourth-order valence-corrected chi connectivity index (χ4v) is 3.07. The zero-order valence-corrected chi connectivity index (χ0v) is 10.6. The summed E-state index contributed by atoms with van der Waals surface area (Å²) in [6.07, 6.45) is 4.94. The van der Waals surface area contributed by atoms with Crippen molar-refractivity contribution < 1.29 is 4.79 Å². The molecule has 2 saturated heterocycles. The van der Waals surface area contributed by atoms with Gasteiger partial charge in [0.2, 0.25) is 5.91 Å². The van der Waals surface area contributed by atoms with E-state index < -0.39 is 0 Å². The van der Waals surface area contributed by atoms with Gasteiger partial charge in [-0.05, 0) is 32.7 Å². The Morgan fingerprint density at radius 1 is 1.31 bits per heavy atom. The van der Waals surface area contributed by atoms with E-state index >= 15 is 0 Å². The monoisotopic (exact) mass is 225 g/mol. The van der Waals surface area contributed by atoms with Crippen molar-refractivity contribution in [2.24, 2.45) is 0 Å². The third-order valence-corrected chi connectivity index (χ3v) is 4.11. The number of nitrogens with one attached hydrogen (secondary N) is 1. The molecule has 2 atom stereocenters. The standard InChI is InChI=1S/C12H23N3O/c1-13-9-6-10-4-5-11(7-9)15(10)8-12(16)14(2)3/h9-11,13H,4-8H2,1-3H3. The van der Waals surface area contributed by atoms with Crippen LogP contribution in [0.4, 0.5) is 0 Å². The van der Waals surface area contributed by atoms with Gasteiger partial charge >= 0.3 is 0 Å². The maximum Gasteiger partial charge on any atom is 0.236 e. The number of likely N-dealkylation sites (N-methyl/N-ethyl adjacent to an activating group) is 1. The number of amides is 1. The van der Waals surface area contributed by atoms with Gasteiger partial charge < -0.3 is 10.2 Å². The van der Waals surface area contributed by atoms with Crippen molar-refractivity contribution in [2.75, 3.05) is 27.7 Å². The average Bonchev–Trinajstić information content (AvgIpc) is 2.51. The van der Waals surface area contributed by atoms with E-state index in [2.05, 4.69) is 10.2 Å². The van der Waals surface area contributed by atoms with Crippen molar-refractivity contribution in [3.63, 3.8) is 0 Å². The van der Waals surface area contributed by atoms with Gasteiger partial charge in [0, 0.05) is 32.2 Å². The van der Waals surface area contributed by atoms with Crippen LogP contribution in [0.25, 0.3) is 0 Å². The molecule has 2 aliphatic rings. The summed E-state index contributed by atoms with van der Waals surface area (Å²) >= 11 is 0. The quantitative estimate of drug-likeness (QED) is 0.750. The topological polar surface area (TPSA) is 35.6 Å². The van der Waals surface area contributed by atoms with Crippen molar-refractivity contribution in [2.45, 2.75) is 43.8 Å². The Kier molecular flexibility index (Phi) is 3.50. The van der Waals surface area contributed by atoms with Crippen LogP contribution < -0.4 is 5.32 Å². The summed E-state index contributed by atoms with van der Waals surface area (Å²) in [5.41, 5.74) is 0. The summed E-state index contributed by atoms with van der Waals surface area (Å²) in [5, 5.41) is 3.38. The lowest BCUT2D eigenvalue weighted by Crippen LogP contribution is -2.51. The van der Waals surface area contributed by atoms with Crippen molar-refractivity contribution in [1.29, 1.82) is 0 Å². The average molecular weight is 225 g/mol. The second-order valence-corrected chi connectivity index (χ2v) is 5.30. The lowest BCUT2D eigenvalue weighted by Gasteiger charge is -2.38. The molecule has 1 N–H and O–H groups in total. The first-order chi connectivity index (χ1) is 7.61. The molecular formula is C12H23N3O. The summed E-state index contributed by atoms with van der Waals surface area (Å²) in [5.74, 6) is 0.236. The van der Waals surface area contributed by atoms with Gasteiger partial charge in [0.05, 0.1) is 6.54 Å². The number of carbonyl (C=O) groups is 1. The van der Waals surface area contributed by atoms with E-state index in [9.17, 15) is 4.79 Å². The molecule has 0 aromatic carbocycles. The first kappa shape index (κ1) is 11.9. The molecule has 1 amide bonds. The van der Waals surface area contributed by atoms with E-state index in [1.807, 2.05) is 21.1 Å². The van der Waals surface area contributed by atoms with Crippen LogP contribution >= 0.6 is 0 Å². The molecule has 92 valence electrons. The Balaban J connectivity index is 1.95. The fourth-order valence-electron chi connectivity index (χ4n) is 3.07. The second-order valence-electron chi connectivity index (χ2n) is 5.30. The summed E-state index contributed by atoms with van der Waals surface area (Å²) in [7, 11) is 5.72. The highest BCUT2D eigenvalue weighted by Gasteiger charge is 2.40. The predicted molar refractivity (Wildman–Crippen MR) is 64.3 cm³/mol. The lowest BCUT2D eigenvalue weighted by molar-refractivity contribution is -0.131. The SMILES string of the molecule is CNC1CC2CCC(C1)N2CC(=O)N(C)C. The molecule has 2 unspecified atom stereocenters. The van der Waals surface area contributed by atoms with E-state index in [4.69, 9.17) is 0 Å². The number of hydrogen-bond acceptors (Lipinski definition) is 3. The lowest BCUT2D eigenvalue weighted by atomic mass is 9.97. The number of nitrogens with zero attached hydrogens (tertiary/aromatic N) is 2. The molecule has 0 radical (unpaired) electrons. The molecule has 2 heterocycles. The van der Waals surface area contributed by atoms with Crippen LogP contribution in [-0.4, -0.2) is 61.5 Å². The van der Waals surface area contributed by atoms with E-state index in [0.29, 0.717) is 24.7 Å². The molecule has 2 rings (SSSR count). The zero-order chi connectivity index (χ0) is 11.7. The summed E-state index contributed by atoms with van der Waals surface area (Å²) in [4.78, 5) is 15.9. The third kappa shape index (κ3) is 2.23. The minimum atomic E-state index is 0.236. The largest absolute Gasteiger partial charge is 0.348 e. The molecule has 4 nitrogen and oxygen atoms in total. The van der Waals surface area contributed by atoms with Gasteiger partial charge in [0.25, 0.3) is 0 Å². The van der Waals surface area contributed by atoms with Gasteiger partial charge in [0.1, 0.15) is 0 Å². The molecule has 2 bridgehead atoms. The van der Waals surface area contributed by atoms with Crippen molar-refractivity contribution >= 4 is 5.91 Å². The van der Waals surface area contributed by atoms with E-state index in [-0.39, 0.29) is 5.91 Å². The molecular weight excluding hydrogens is 202 g/mol. The molecule has 0 aromatic heterocycles. The first-order valence-corrected chi connectivity index (χ1v) is 6.25. The molecule has 0 spiro atoms. The van der Waals surface area contributed by atoms with Gasteiger partial charge in [0.15, 0.2) is 0 Å². The smallest absolute Gasteiger partial charge is 0.236 e. The van der Waals surface area contributed by atoms with E-state index in [0.717, 1.165) is 0 Å². The van der Waals surface area contributed by atoms with Gasteiger partial charge in [-0.25, -0.2) is 0 Å². The predicted octanol–water partition coefficient (Wildman–Crippen LogP) is 0.289. The maximum atomic E-state index is 11.7. The van der Waals surface area contributed by atoms with Crippen molar-refractivity contribution in [3.8, 4) is 0 Å². The summed E-state index contributed by atoms with van der Waals surface area (Å²) < 4.78 is 0. The maximum absolute atomic E-state index is 11.7. The van der Waals surface area contributed by atoms with Crippen molar-refractivity contribution in [1.82, 2.24) is 15.1 Å². The number of piperidine rings is 1. The molecule has 0 aromatic rings. The molecule has 0 saturated carbocycles. The van der Waals surface area contributed by atoms with Crippen LogP contribution in [0.15, 0.2) is 0 Å². The summed E-state index contributed by atoms with van der Waals surface area (Å²) in [6, 6.07) is 1.91. The Morgan fingerprint density at radius 3 is 2.31 bits per heavy atom. The summed E-state index contributed by atoms with van der Waals surface area (Å²) in [6.45, 7) is 0.610. The molecule has 2 aliphatic heterocycles. The minimum absolute atomic E-state index is 0.236. The number of rotatable bonds is 3. The number of fused-ring (bicyclic) bond motifs is 2. The Hall–Kier alpha value is -0.610. The first-order valence-electron chi connectivity index (χ1n) is 6.25. The fraction of sp³-hybridized carbons (Fsp3) is 0.917. The molecule has 2 fully saturated rings. The zero-order valence-electron chi connectivity index (χ0n) is 10.6. The molecule has 0 aliphatic carbocycles. The van der Waals surface area contributed by atoms with Crippen LogP contribution in [-0.2, 0) is 4.79 Å². The van der Waals surface area contributed by atoms with Gasteiger partial charge in [-0.15, -0.1) is 0 Å². The van der Waals surface area contributed by atoms with Gasteiger partial charge in [-0.3, -0.25) is 9.69 Å². The van der Waals surface area contributed by atoms with Gasteiger partial charge in [-0.1, -0.05) is 0 Å². The van der Waals surface area contributed by atoms with E-state index in [1.165, 1.54) is 25.7 Å². The molecule has 4 heteroatoms. The molecule has 16 heavy (non-hydrogen) atoms. The Bertz CT molecular complexity index is 253. The van der Waals surface area contributed by atoms with Crippen LogP contribution in [0.2, 0.25) is 0 Å². The second kappa shape index (κ2) is 4.72. The normalized spacial score (nSPS) is 34.1.